The summed E-state index contributed by atoms with van der Waals surface area (Å²) in [5.41, 5.74) is -0.445. The third kappa shape index (κ3) is 1.53. The summed E-state index contributed by atoms with van der Waals surface area (Å²) in [6.07, 6.45) is 0.814. The molecule has 0 bridgehead atoms. The Balaban J connectivity index is 1.96. The molecule has 0 atom stereocenters. The highest BCUT2D eigenvalue weighted by Gasteiger charge is 2.38. The van der Waals surface area contributed by atoms with Gasteiger partial charge < -0.3 is 10.0 Å². The molecule has 1 aromatic heterocycles. The molecule has 0 aromatic carbocycles. The molecule has 2 heterocycles. The summed E-state index contributed by atoms with van der Waals surface area (Å²) >= 11 is 1.72. The molecule has 1 aliphatic heterocycles. The summed E-state index contributed by atoms with van der Waals surface area (Å²) < 4.78 is 0. The quantitative estimate of drug-likeness (QED) is 0.738. The SMILES string of the molecule is CN1CC(O)(Cc2cccs2)C1. The first-order valence-electron chi connectivity index (χ1n) is 4.11. The number of aliphatic hydroxyl groups is 1. The van der Waals surface area contributed by atoms with Gasteiger partial charge in [-0.3, -0.25) is 0 Å². The molecule has 0 spiro atoms. The standard InChI is InChI=1S/C9H13NOS/c1-10-6-9(11,7-10)5-8-3-2-4-12-8/h2-4,11H,5-7H2,1H3. The smallest absolute Gasteiger partial charge is 0.0947 e. The Morgan fingerprint density at radius 1 is 1.67 bits per heavy atom. The van der Waals surface area contributed by atoms with Crippen molar-refractivity contribution in [1.82, 2.24) is 4.90 Å². The van der Waals surface area contributed by atoms with E-state index in [2.05, 4.69) is 16.3 Å². The van der Waals surface area contributed by atoms with Crippen molar-refractivity contribution in [3.05, 3.63) is 22.4 Å². The van der Waals surface area contributed by atoms with Gasteiger partial charge in [0.05, 0.1) is 5.60 Å². The van der Waals surface area contributed by atoms with Crippen molar-refractivity contribution in [2.24, 2.45) is 0 Å². The van der Waals surface area contributed by atoms with E-state index in [1.165, 1.54) is 4.88 Å². The minimum atomic E-state index is -0.445. The van der Waals surface area contributed by atoms with Gasteiger partial charge in [-0.05, 0) is 18.5 Å². The number of likely N-dealkylation sites (tertiary alicyclic amines) is 1. The predicted octanol–water partition coefficient (Wildman–Crippen LogP) is 0.967. The van der Waals surface area contributed by atoms with Gasteiger partial charge in [0.2, 0.25) is 0 Å². The van der Waals surface area contributed by atoms with Gasteiger partial charge in [-0.2, -0.15) is 0 Å². The highest BCUT2D eigenvalue weighted by molar-refractivity contribution is 7.09. The largest absolute Gasteiger partial charge is 0.387 e. The second kappa shape index (κ2) is 2.83. The molecular formula is C9H13NOS. The van der Waals surface area contributed by atoms with E-state index in [1.807, 2.05) is 13.1 Å². The van der Waals surface area contributed by atoms with E-state index in [4.69, 9.17) is 0 Å². The maximum Gasteiger partial charge on any atom is 0.0947 e. The fourth-order valence-electron chi connectivity index (χ4n) is 1.81. The maximum absolute atomic E-state index is 9.92. The molecule has 2 rings (SSSR count). The minimum absolute atomic E-state index is 0.445. The van der Waals surface area contributed by atoms with Gasteiger partial charge in [0.25, 0.3) is 0 Å². The third-order valence-electron chi connectivity index (χ3n) is 2.21. The van der Waals surface area contributed by atoms with E-state index < -0.39 is 5.60 Å². The van der Waals surface area contributed by atoms with Crippen molar-refractivity contribution in [2.75, 3.05) is 20.1 Å². The van der Waals surface area contributed by atoms with Crippen molar-refractivity contribution in [1.29, 1.82) is 0 Å². The number of hydrogen-bond donors (Lipinski definition) is 1. The van der Waals surface area contributed by atoms with Gasteiger partial charge in [-0.1, -0.05) is 6.07 Å². The molecule has 12 heavy (non-hydrogen) atoms. The van der Waals surface area contributed by atoms with Crippen LogP contribution in [0, 0.1) is 0 Å². The molecule has 1 fully saturated rings. The lowest BCUT2D eigenvalue weighted by Crippen LogP contribution is -2.61. The molecule has 1 aliphatic rings. The molecule has 0 amide bonds. The van der Waals surface area contributed by atoms with Gasteiger partial charge in [0.1, 0.15) is 0 Å². The van der Waals surface area contributed by atoms with Crippen LogP contribution in [-0.2, 0) is 6.42 Å². The van der Waals surface area contributed by atoms with Crippen molar-refractivity contribution >= 4 is 11.3 Å². The second-order valence-corrected chi connectivity index (χ2v) is 4.69. The summed E-state index contributed by atoms with van der Waals surface area (Å²) in [5, 5.41) is 12.0. The number of nitrogens with zero attached hydrogens (tertiary/aromatic N) is 1. The fraction of sp³-hybridized carbons (Fsp3) is 0.556. The van der Waals surface area contributed by atoms with Crippen LogP contribution in [0.4, 0.5) is 0 Å². The van der Waals surface area contributed by atoms with Gasteiger partial charge in [-0.25, -0.2) is 0 Å². The van der Waals surface area contributed by atoms with Crippen molar-refractivity contribution in [3.63, 3.8) is 0 Å². The zero-order valence-corrected chi connectivity index (χ0v) is 7.97. The highest BCUT2D eigenvalue weighted by Crippen LogP contribution is 2.25. The number of hydrogen-bond acceptors (Lipinski definition) is 3. The van der Waals surface area contributed by atoms with Crippen LogP contribution in [0.5, 0.6) is 0 Å². The molecular weight excluding hydrogens is 170 g/mol. The Bertz CT molecular complexity index is 252. The normalized spacial score (nSPS) is 22.2. The van der Waals surface area contributed by atoms with Crippen molar-refractivity contribution < 1.29 is 5.11 Å². The average Bonchev–Trinajstić information content (AvgIpc) is 2.36. The van der Waals surface area contributed by atoms with Gasteiger partial charge in [0.15, 0.2) is 0 Å². The molecule has 0 unspecified atom stereocenters. The molecule has 2 nitrogen and oxygen atoms in total. The van der Waals surface area contributed by atoms with Crippen molar-refractivity contribution in [2.45, 2.75) is 12.0 Å². The number of β-amino-alcohol motifs (C(OH)–C–C–N with tert-alkyl or cyclic N) is 1. The molecule has 1 saturated heterocycles. The van der Waals surface area contributed by atoms with E-state index in [9.17, 15) is 5.11 Å². The van der Waals surface area contributed by atoms with E-state index in [1.54, 1.807) is 11.3 Å². The van der Waals surface area contributed by atoms with Gasteiger partial charge in [-0.15, -0.1) is 11.3 Å². The summed E-state index contributed by atoms with van der Waals surface area (Å²) in [5.74, 6) is 0. The molecule has 66 valence electrons. The van der Waals surface area contributed by atoms with Crippen molar-refractivity contribution in [3.8, 4) is 0 Å². The lowest BCUT2D eigenvalue weighted by Gasteiger charge is -2.44. The summed E-state index contributed by atoms with van der Waals surface area (Å²) in [7, 11) is 2.03. The van der Waals surface area contributed by atoms with Crippen LogP contribution in [-0.4, -0.2) is 35.7 Å². The monoisotopic (exact) mass is 183 g/mol. The number of likely N-dealkylation sites (N-methyl/N-ethyl adjacent to an activating group) is 1. The molecule has 3 heteroatoms. The highest BCUT2D eigenvalue weighted by atomic mass is 32.1. The second-order valence-electron chi connectivity index (χ2n) is 3.65. The van der Waals surface area contributed by atoms with E-state index >= 15 is 0 Å². The maximum atomic E-state index is 9.92. The summed E-state index contributed by atoms with van der Waals surface area (Å²) in [6, 6.07) is 4.12. The predicted molar refractivity (Wildman–Crippen MR) is 50.5 cm³/mol. The number of rotatable bonds is 2. The van der Waals surface area contributed by atoms with E-state index in [0.29, 0.717) is 0 Å². The van der Waals surface area contributed by atoms with Crippen LogP contribution in [0.3, 0.4) is 0 Å². The Hall–Kier alpha value is -0.380. The molecule has 1 aromatic rings. The van der Waals surface area contributed by atoms with Gasteiger partial charge >= 0.3 is 0 Å². The summed E-state index contributed by atoms with van der Waals surface area (Å²) in [4.78, 5) is 3.42. The third-order valence-corrected chi connectivity index (χ3v) is 3.09. The average molecular weight is 183 g/mol. The van der Waals surface area contributed by atoms with Gasteiger partial charge in [0, 0.05) is 24.4 Å². The molecule has 0 saturated carbocycles. The van der Waals surface area contributed by atoms with Crippen LogP contribution in [0.15, 0.2) is 17.5 Å². The Kier molecular flexibility index (Phi) is 1.94. The zero-order chi connectivity index (χ0) is 8.60. The fourth-order valence-corrected chi connectivity index (χ4v) is 2.65. The van der Waals surface area contributed by atoms with Crippen LogP contribution in [0.2, 0.25) is 0 Å². The number of thiophene rings is 1. The van der Waals surface area contributed by atoms with Crippen LogP contribution in [0.25, 0.3) is 0 Å². The lowest BCUT2D eigenvalue weighted by atomic mass is 9.90. The van der Waals surface area contributed by atoms with E-state index in [-0.39, 0.29) is 0 Å². The summed E-state index contributed by atoms with van der Waals surface area (Å²) in [6.45, 7) is 1.62. The van der Waals surface area contributed by atoms with Crippen LogP contribution in [0.1, 0.15) is 4.88 Å². The van der Waals surface area contributed by atoms with Crippen LogP contribution < -0.4 is 0 Å². The first kappa shape index (κ1) is 8.23. The zero-order valence-electron chi connectivity index (χ0n) is 7.16. The van der Waals surface area contributed by atoms with E-state index in [0.717, 1.165) is 19.5 Å². The van der Waals surface area contributed by atoms with Crippen LogP contribution >= 0.6 is 11.3 Å². The topological polar surface area (TPSA) is 23.5 Å². The molecule has 1 N–H and O–H groups in total. The molecule has 0 aliphatic carbocycles. The Morgan fingerprint density at radius 3 is 2.92 bits per heavy atom. The minimum Gasteiger partial charge on any atom is -0.387 e. The first-order valence-corrected chi connectivity index (χ1v) is 4.99. The Labute approximate surface area is 76.4 Å². The Morgan fingerprint density at radius 2 is 2.42 bits per heavy atom. The molecule has 0 radical (unpaired) electrons. The first-order chi connectivity index (χ1) is 5.68. The lowest BCUT2D eigenvalue weighted by molar-refractivity contribution is -0.0842.